The third kappa shape index (κ3) is 6.22. The standard InChI is InChI=1S/C28H34FN3O4/c1-18-22(26(33)30-17-20-5-8-21(29)9-6-20)10-11-23-24(31-36-25(18)23)12-7-19-13-15-32(16-14-19)27(34)35-28(2,3)4/h5-6,8-11,19H,7,12-17H2,1-4H3,(H,30,33). The average molecular weight is 496 g/mol. The number of rotatable bonds is 6. The third-order valence-corrected chi connectivity index (χ3v) is 6.63. The van der Waals surface area contributed by atoms with Crippen molar-refractivity contribution < 1.29 is 23.2 Å². The smallest absolute Gasteiger partial charge is 0.410 e. The molecular weight excluding hydrogens is 461 g/mol. The number of nitrogens with one attached hydrogen (secondary N) is 1. The molecular formula is C28H34FN3O4. The number of halogens is 1. The van der Waals surface area contributed by atoms with E-state index in [1.54, 1.807) is 23.1 Å². The summed E-state index contributed by atoms with van der Waals surface area (Å²) < 4.78 is 24.2. The highest BCUT2D eigenvalue weighted by molar-refractivity contribution is 6.00. The molecule has 0 aliphatic carbocycles. The molecule has 4 rings (SSSR count). The Morgan fingerprint density at radius 2 is 1.83 bits per heavy atom. The fraction of sp³-hybridized carbons (Fsp3) is 0.464. The summed E-state index contributed by atoms with van der Waals surface area (Å²) in [6.45, 7) is 9.21. The van der Waals surface area contributed by atoms with Gasteiger partial charge >= 0.3 is 6.09 Å². The van der Waals surface area contributed by atoms with Gasteiger partial charge in [-0.2, -0.15) is 0 Å². The van der Waals surface area contributed by atoms with Crippen LogP contribution >= 0.6 is 0 Å². The lowest BCUT2D eigenvalue weighted by Gasteiger charge is -2.33. The van der Waals surface area contributed by atoms with E-state index in [-0.39, 0.29) is 17.8 Å². The highest BCUT2D eigenvalue weighted by Gasteiger charge is 2.27. The summed E-state index contributed by atoms with van der Waals surface area (Å²) in [7, 11) is 0. The van der Waals surface area contributed by atoms with Crippen molar-refractivity contribution in [3.63, 3.8) is 0 Å². The topological polar surface area (TPSA) is 84.7 Å². The zero-order valence-electron chi connectivity index (χ0n) is 21.4. The molecule has 1 aliphatic rings. The Morgan fingerprint density at radius 3 is 2.50 bits per heavy atom. The SMILES string of the molecule is Cc1c(C(=O)NCc2ccc(F)cc2)ccc2c(CCC3CCN(C(=O)OC(C)(C)C)CC3)noc12. The zero-order chi connectivity index (χ0) is 25.9. The van der Waals surface area contributed by atoms with Gasteiger partial charge in [-0.25, -0.2) is 9.18 Å². The van der Waals surface area contributed by atoms with Crippen molar-refractivity contribution in [2.24, 2.45) is 5.92 Å². The summed E-state index contributed by atoms with van der Waals surface area (Å²) in [5.74, 6) is -0.0137. The number of fused-ring (bicyclic) bond motifs is 1. The summed E-state index contributed by atoms with van der Waals surface area (Å²) in [6, 6.07) is 9.74. The number of piperidine rings is 1. The molecule has 192 valence electrons. The molecule has 1 aromatic heterocycles. The first-order valence-electron chi connectivity index (χ1n) is 12.5. The summed E-state index contributed by atoms with van der Waals surface area (Å²) in [5.41, 5.74) is 3.13. The number of benzene rings is 2. The van der Waals surface area contributed by atoms with Crippen molar-refractivity contribution >= 4 is 23.0 Å². The van der Waals surface area contributed by atoms with Gasteiger partial charge in [0.05, 0.1) is 5.69 Å². The number of carbonyl (C=O) groups is 2. The van der Waals surface area contributed by atoms with E-state index in [1.165, 1.54) is 12.1 Å². The van der Waals surface area contributed by atoms with Crippen LogP contribution in [0.4, 0.5) is 9.18 Å². The van der Waals surface area contributed by atoms with E-state index in [4.69, 9.17) is 9.26 Å². The number of hydrogen-bond donors (Lipinski definition) is 1. The molecule has 2 heterocycles. The van der Waals surface area contributed by atoms with Crippen LogP contribution in [0.15, 0.2) is 40.9 Å². The van der Waals surface area contributed by atoms with Gasteiger partial charge in [0.1, 0.15) is 11.4 Å². The highest BCUT2D eigenvalue weighted by atomic mass is 19.1. The molecule has 0 atom stereocenters. The molecule has 0 unspecified atom stereocenters. The van der Waals surface area contributed by atoms with E-state index in [2.05, 4.69) is 10.5 Å². The maximum atomic E-state index is 13.1. The largest absolute Gasteiger partial charge is 0.444 e. The monoisotopic (exact) mass is 495 g/mol. The van der Waals surface area contributed by atoms with Gasteiger partial charge in [0.15, 0.2) is 5.58 Å². The minimum atomic E-state index is -0.483. The number of aromatic nitrogens is 1. The second-order valence-corrected chi connectivity index (χ2v) is 10.5. The molecule has 3 aromatic rings. The Kier molecular flexibility index (Phi) is 7.62. The Balaban J connectivity index is 1.32. The minimum Gasteiger partial charge on any atom is -0.444 e. The maximum absolute atomic E-state index is 13.1. The number of carbonyl (C=O) groups excluding carboxylic acids is 2. The maximum Gasteiger partial charge on any atom is 0.410 e. The Hall–Kier alpha value is -3.42. The second kappa shape index (κ2) is 10.7. The highest BCUT2D eigenvalue weighted by Crippen LogP contribution is 2.29. The van der Waals surface area contributed by atoms with E-state index in [0.717, 1.165) is 47.9 Å². The normalized spacial score (nSPS) is 14.8. The van der Waals surface area contributed by atoms with Crippen molar-refractivity contribution in [1.29, 1.82) is 0 Å². The predicted molar refractivity (Wildman–Crippen MR) is 135 cm³/mol. The number of aryl methyl sites for hydroxylation is 2. The minimum absolute atomic E-state index is 0.214. The van der Waals surface area contributed by atoms with Crippen molar-refractivity contribution in [3.8, 4) is 0 Å². The molecule has 0 spiro atoms. The van der Waals surface area contributed by atoms with Gasteiger partial charge in [-0.1, -0.05) is 17.3 Å². The van der Waals surface area contributed by atoms with Crippen LogP contribution in [-0.4, -0.2) is 40.7 Å². The molecule has 7 nitrogen and oxygen atoms in total. The first-order valence-corrected chi connectivity index (χ1v) is 12.5. The predicted octanol–water partition coefficient (Wildman–Crippen LogP) is 5.79. The lowest BCUT2D eigenvalue weighted by Crippen LogP contribution is -2.41. The van der Waals surface area contributed by atoms with E-state index in [0.29, 0.717) is 36.7 Å². The molecule has 1 fully saturated rings. The molecule has 0 radical (unpaired) electrons. The van der Waals surface area contributed by atoms with Crippen LogP contribution in [0.5, 0.6) is 0 Å². The lowest BCUT2D eigenvalue weighted by molar-refractivity contribution is 0.0181. The van der Waals surface area contributed by atoms with Gasteiger partial charge in [-0.15, -0.1) is 0 Å². The molecule has 0 saturated carbocycles. The van der Waals surface area contributed by atoms with Crippen molar-refractivity contribution in [2.45, 2.75) is 65.5 Å². The Morgan fingerprint density at radius 1 is 1.14 bits per heavy atom. The first-order chi connectivity index (χ1) is 17.1. The van der Waals surface area contributed by atoms with Crippen LogP contribution in [0, 0.1) is 18.7 Å². The number of hydrogen-bond acceptors (Lipinski definition) is 5. The third-order valence-electron chi connectivity index (χ3n) is 6.63. The molecule has 36 heavy (non-hydrogen) atoms. The van der Waals surface area contributed by atoms with Crippen molar-refractivity contribution in [2.75, 3.05) is 13.1 Å². The summed E-state index contributed by atoms with van der Waals surface area (Å²) in [4.78, 5) is 26.8. The van der Waals surface area contributed by atoms with Gasteiger partial charge in [0.25, 0.3) is 5.91 Å². The van der Waals surface area contributed by atoms with Crippen LogP contribution in [0.3, 0.4) is 0 Å². The van der Waals surface area contributed by atoms with Gasteiger partial charge in [0, 0.05) is 36.1 Å². The van der Waals surface area contributed by atoms with Gasteiger partial charge in [0.2, 0.25) is 0 Å². The lowest BCUT2D eigenvalue weighted by atomic mass is 9.91. The van der Waals surface area contributed by atoms with Crippen LogP contribution in [0.2, 0.25) is 0 Å². The van der Waals surface area contributed by atoms with Crippen molar-refractivity contribution in [1.82, 2.24) is 15.4 Å². The van der Waals surface area contributed by atoms with Crippen LogP contribution in [-0.2, 0) is 17.7 Å². The molecule has 0 bridgehead atoms. The number of nitrogens with zero attached hydrogens (tertiary/aromatic N) is 2. The Labute approximate surface area is 211 Å². The van der Waals surface area contributed by atoms with Gasteiger partial charge in [-0.05, 0) is 89.1 Å². The molecule has 8 heteroatoms. The summed E-state index contributed by atoms with van der Waals surface area (Å²) in [5, 5.41) is 8.10. The fourth-order valence-corrected chi connectivity index (χ4v) is 4.56. The molecule has 1 saturated heterocycles. The van der Waals surface area contributed by atoms with E-state index >= 15 is 0 Å². The quantitative estimate of drug-likeness (QED) is 0.468. The molecule has 1 N–H and O–H groups in total. The summed E-state index contributed by atoms with van der Waals surface area (Å²) >= 11 is 0. The van der Waals surface area contributed by atoms with Crippen molar-refractivity contribution in [3.05, 3.63) is 64.6 Å². The van der Waals surface area contributed by atoms with Crippen LogP contribution in [0.25, 0.3) is 11.0 Å². The Bertz CT molecular complexity index is 1220. The zero-order valence-corrected chi connectivity index (χ0v) is 21.4. The first kappa shape index (κ1) is 25.7. The van der Waals surface area contributed by atoms with Crippen LogP contribution < -0.4 is 5.32 Å². The average Bonchev–Trinajstić information content (AvgIpc) is 3.25. The second-order valence-electron chi connectivity index (χ2n) is 10.5. The van der Waals surface area contributed by atoms with Gasteiger partial charge in [-0.3, -0.25) is 4.79 Å². The fourth-order valence-electron chi connectivity index (χ4n) is 4.56. The van der Waals surface area contributed by atoms with E-state index in [9.17, 15) is 14.0 Å². The molecule has 2 amide bonds. The number of likely N-dealkylation sites (tertiary alicyclic amines) is 1. The van der Waals surface area contributed by atoms with E-state index < -0.39 is 5.60 Å². The number of ether oxygens (including phenoxy) is 1. The molecule has 2 aromatic carbocycles. The van der Waals surface area contributed by atoms with Gasteiger partial charge < -0.3 is 19.5 Å². The van der Waals surface area contributed by atoms with Crippen LogP contribution in [0.1, 0.15) is 67.2 Å². The molecule has 1 aliphatic heterocycles. The number of amides is 2. The van der Waals surface area contributed by atoms with E-state index in [1.807, 2.05) is 33.8 Å². The summed E-state index contributed by atoms with van der Waals surface area (Å²) in [6.07, 6.45) is 3.37.